The van der Waals surface area contributed by atoms with E-state index in [1.807, 2.05) is 32.0 Å². The molecule has 2 aromatic rings. The van der Waals surface area contributed by atoms with Gasteiger partial charge in [-0.2, -0.15) is 0 Å². The summed E-state index contributed by atoms with van der Waals surface area (Å²) in [5.41, 5.74) is 3.29. The first-order valence-electron chi connectivity index (χ1n) is 7.70. The first-order valence-corrected chi connectivity index (χ1v) is 9.18. The molecule has 0 bridgehead atoms. The zero-order valence-corrected chi connectivity index (χ0v) is 15.2. The molecule has 7 heteroatoms. The average molecular weight is 363 g/mol. The molecule has 0 aromatic heterocycles. The van der Waals surface area contributed by atoms with Crippen molar-refractivity contribution in [2.45, 2.75) is 18.7 Å². The van der Waals surface area contributed by atoms with E-state index in [0.717, 1.165) is 22.8 Å². The highest BCUT2D eigenvalue weighted by Crippen LogP contribution is 2.29. The Hall–Kier alpha value is -2.22. The average Bonchev–Trinajstić information content (AvgIpc) is 2.57. The lowest BCUT2D eigenvalue weighted by atomic mass is 9.96. The summed E-state index contributed by atoms with van der Waals surface area (Å²) < 4.78 is 32.2. The Labute approximate surface area is 147 Å². The topological polar surface area (TPSA) is 92.7 Å². The van der Waals surface area contributed by atoms with Crippen LogP contribution in [0, 0.1) is 13.8 Å². The van der Waals surface area contributed by atoms with E-state index in [4.69, 9.17) is 4.74 Å². The maximum atomic E-state index is 12.5. The molecule has 0 saturated heterocycles. The summed E-state index contributed by atoms with van der Waals surface area (Å²) in [5.74, 6) is -1.18. The van der Waals surface area contributed by atoms with Gasteiger partial charge < -0.3 is 9.84 Å². The lowest BCUT2D eigenvalue weighted by Crippen LogP contribution is -2.27. The number of carboxylic acid groups (broad SMARTS) is 1. The highest BCUT2D eigenvalue weighted by molar-refractivity contribution is 7.89. The summed E-state index contributed by atoms with van der Waals surface area (Å²) in [7, 11) is -2.37. The molecule has 134 valence electrons. The van der Waals surface area contributed by atoms with E-state index in [1.54, 1.807) is 0 Å². The fourth-order valence-corrected chi connectivity index (χ4v) is 3.54. The summed E-state index contributed by atoms with van der Waals surface area (Å²) in [5, 5.41) is 9.35. The van der Waals surface area contributed by atoms with Gasteiger partial charge in [0.15, 0.2) is 0 Å². The number of aryl methyl sites for hydroxylation is 1. The van der Waals surface area contributed by atoms with Gasteiger partial charge in [0.1, 0.15) is 0 Å². The van der Waals surface area contributed by atoms with Gasteiger partial charge in [0, 0.05) is 13.7 Å². The van der Waals surface area contributed by atoms with Crippen molar-refractivity contribution in [1.82, 2.24) is 4.72 Å². The van der Waals surface area contributed by atoms with Crippen molar-refractivity contribution < 1.29 is 23.1 Å². The highest BCUT2D eigenvalue weighted by Gasteiger charge is 2.19. The lowest BCUT2D eigenvalue weighted by Gasteiger charge is -2.13. The van der Waals surface area contributed by atoms with Crippen LogP contribution in [0.1, 0.15) is 21.5 Å². The first kappa shape index (κ1) is 19.1. The van der Waals surface area contributed by atoms with Crippen molar-refractivity contribution >= 4 is 16.0 Å². The monoisotopic (exact) mass is 363 g/mol. The zero-order valence-electron chi connectivity index (χ0n) is 14.4. The Balaban J connectivity index is 2.58. The molecule has 0 radical (unpaired) electrons. The molecule has 0 atom stereocenters. The van der Waals surface area contributed by atoms with Crippen molar-refractivity contribution in [3.05, 3.63) is 53.1 Å². The van der Waals surface area contributed by atoms with E-state index in [2.05, 4.69) is 4.72 Å². The van der Waals surface area contributed by atoms with Crippen LogP contribution in [0.5, 0.6) is 0 Å². The van der Waals surface area contributed by atoms with Crippen molar-refractivity contribution in [3.8, 4) is 11.1 Å². The summed E-state index contributed by atoms with van der Waals surface area (Å²) in [6, 6.07) is 9.78. The standard InChI is InChI=1S/C18H21NO5S/c1-12-5-4-6-17(13(12)2)14-9-15(18(20)21)11-16(10-14)25(22,23)19-7-8-24-3/h4-6,9-11,19H,7-8H2,1-3H3,(H,20,21). The van der Waals surface area contributed by atoms with Crippen LogP contribution in [-0.2, 0) is 14.8 Å². The van der Waals surface area contributed by atoms with E-state index in [1.165, 1.54) is 19.2 Å². The molecule has 0 heterocycles. The molecule has 2 N–H and O–H groups in total. The number of methoxy groups -OCH3 is 1. The Kier molecular flexibility index (Phi) is 5.94. The van der Waals surface area contributed by atoms with Crippen molar-refractivity contribution in [3.63, 3.8) is 0 Å². The number of hydrogen-bond acceptors (Lipinski definition) is 4. The third kappa shape index (κ3) is 4.45. The van der Waals surface area contributed by atoms with Crippen LogP contribution in [0.3, 0.4) is 0 Å². The first-order chi connectivity index (χ1) is 11.8. The number of benzene rings is 2. The van der Waals surface area contributed by atoms with Crippen molar-refractivity contribution in [2.24, 2.45) is 0 Å². The minimum absolute atomic E-state index is 0.0782. The van der Waals surface area contributed by atoms with E-state index < -0.39 is 16.0 Å². The maximum absolute atomic E-state index is 12.5. The Morgan fingerprint density at radius 3 is 2.56 bits per heavy atom. The largest absolute Gasteiger partial charge is 0.478 e. The second-order valence-corrected chi connectivity index (χ2v) is 7.46. The molecule has 0 unspecified atom stereocenters. The zero-order chi connectivity index (χ0) is 18.6. The molecular weight excluding hydrogens is 342 g/mol. The number of carboxylic acids is 1. The molecule has 2 aromatic carbocycles. The number of rotatable bonds is 7. The van der Waals surface area contributed by atoms with Crippen LogP contribution in [0.15, 0.2) is 41.3 Å². The van der Waals surface area contributed by atoms with Gasteiger partial charge in [-0.15, -0.1) is 0 Å². The number of sulfonamides is 1. The maximum Gasteiger partial charge on any atom is 0.335 e. The van der Waals surface area contributed by atoms with Crippen LogP contribution in [0.2, 0.25) is 0 Å². The highest BCUT2D eigenvalue weighted by atomic mass is 32.2. The van der Waals surface area contributed by atoms with Crippen LogP contribution in [0.4, 0.5) is 0 Å². The van der Waals surface area contributed by atoms with Gasteiger partial charge in [-0.25, -0.2) is 17.9 Å². The number of carbonyl (C=O) groups is 1. The summed E-state index contributed by atoms with van der Waals surface area (Å²) in [6.07, 6.45) is 0. The minimum Gasteiger partial charge on any atom is -0.478 e. The molecule has 0 spiro atoms. The van der Waals surface area contributed by atoms with Crippen LogP contribution >= 0.6 is 0 Å². The fraction of sp³-hybridized carbons (Fsp3) is 0.278. The lowest BCUT2D eigenvalue weighted by molar-refractivity contribution is 0.0696. The summed E-state index contributed by atoms with van der Waals surface area (Å²) in [4.78, 5) is 11.4. The van der Waals surface area contributed by atoms with Gasteiger partial charge in [-0.3, -0.25) is 0 Å². The molecule has 0 aliphatic heterocycles. The Morgan fingerprint density at radius 1 is 1.20 bits per heavy atom. The molecule has 0 aliphatic rings. The molecule has 25 heavy (non-hydrogen) atoms. The van der Waals surface area contributed by atoms with Gasteiger partial charge in [-0.05, 0) is 54.3 Å². The van der Waals surface area contributed by atoms with Gasteiger partial charge in [-0.1, -0.05) is 18.2 Å². The molecular formula is C18H21NO5S. The van der Waals surface area contributed by atoms with Crippen molar-refractivity contribution in [2.75, 3.05) is 20.3 Å². The van der Waals surface area contributed by atoms with Gasteiger partial charge >= 0.3 is 5.97 Å². The number of ether oxygens (including phenoxy) is 1. The van der Waals surface area contributed by atoms with Gasteiger partial charge in [0.25, 0.3) is 0 Å². The summed E-state index contributed by atoms with van der Waals surface area (Å²) in [6.45, 7) is 4.20. The van der Waals surface area contributed by atoms with E-state index in [0.29, 0.717) is 5.56 Å². The van der Waals surface area contributed by atoms with E-state index in [9.17, 15) is 18.3 Å². The predicted molar refractivity (Wildman–Crippen MR) is 95.4 cm³/mol. The molecule has 0 fully saturated rings. The van der Waals surface area contributed by atoms with E-state index in [-0.39, 0.29) is 23.6 Å². The SMILES string of the molecule is COCCNS(=O)(=O)c1cc(C(=O)O)cc(-c2cccc(C)c2C)c1. The third-order valence-electron chi connectivity index (χ3n) is 3.98. The molecule has 0 amide bonds. The third-order valence-corrected chi connectivity index (χ3v) is 5.42. The van der Waals surface area contributed by atoms with Gasteiger partial charge in [0.2, 0.25) is 10.0 Å². The Morgan fingerprint density at radius 2 is 1.92 bits per heavy atom. The second kappa shape index (κ2) is 7.77. The predicted octanol–water partition coefficient (Wildman–Crippen LogP) is 2.59. The minimum atomic E-state index is -3.84. The normalized spacial score (nSPS) is 11.5. The smallest absolute Gasteiger partial charge is 0.335 e. The number of aromatic carboxylic acids is 1. The van der Waals surface area contributed by atoms with Gasteiger partial charge in [0.05, 0.1) is 17.1 Å². The molecule has 2 rings (SSSR count). The number of nitrogens with one attached hydrogen (secondary N) is 1. The number of hydrogen-bond donors (Lipinski definition) is 2. The molecule has 0 saturated carbocycles. The van der Waals surface area contributed by atoms with E-state index >= 15 is 0 Å². The van der Waals surface area contributed by atoms with Crippen molar-refractivity contribution in [1.29, 1.82) is 0 Å². The van der Waals surface area contributed by atoms with Crippen LogP contribution < -0.4 is 4.72 Å². The van der Waals surface area contributed by atoms with Crippen LogP contribution in [-0.4, -0.2) is 39.8 Å². The Bertz CT molecular complexity index is 890. The quantitative estimate of drug-likeness (QED) is 0.738. The fourth-order valence-electron chi connectivity index (χ4n) is 2.46. The molecule has 6 nitrogen and oxygen atoms in total. The second-order valence-electron chi connectivity index (χ2n) is 5.69. The summed E-state index contributed by atoms with van der Waals surface area (Å²) >= 11 is 0. The molecule has 0 aliphatic carbocycles. The van der Waals surface area contributed by atoms with Crippen LogP contribution in [0.25, 0.3) is 11.1 Å².